The molecule has 2 aromatic rings. The molecule has 0 saturated carbocycles. The maximum absolute atomic E-state index is 12.2. The SMILES string of the molecule is CC1Oc2ccc(NC(=O)c3cc(Cl)ccc3O)cc2NC1=O. The number of benzene rings is 2. The molecule has 3 rings (SSSR count). The molecule has 23 heavy (non-hydrogen) atoms. The topological polar surface area (TPSA) is 87.7 Å². The largest absolute Gasteiger partial charge is 0.507 e. The number of carbonyl (C=O) groups is 2. The molecule has 0 radical (unpaired) electrons. The number of anilines is 2. The Hall–Kier alpha value is -2.73. The van der Waals surface area contributed by atoms with Gasteiger partial charge in [0.15, 0.2) is 6.10 Å². The Morgan fingerprint density at radius 1 is 1.30 bits per heavy atom. The number of phenolic OH excluding ortho intramolecular Hbond substituents is 1. The van der Waals surface area contributed by atoms with Gasteiger partial charge in [0.25, 0.3) is 11.8 Å². The van der Waals surface area contributed by atoms with Gasteiger partial charge in [-0.05, 0) is 43.3 Å². The quantitative estimate of drug-likeness (QED) is 0.788. The van der Waals surface area contributed by atoms with E-state index >= 15 is 0 Å². The number of phenols is 1. The lowest BCUT2D eigenvalue weighted by atomic mass is 10.1. The van der Waals surface area contributed by atoms with Gasteiger partial charge in [0.1, 0.15) is 11.5 Å². The number of amides is 2. The highest BCUT2D eigenvalue weighted by atomic mass is 35.5. The van der Waals surface area contributed by atoms with E-state index in [0.717, 1.165) is 0 Å². The minimum absolute atomic E-state index is 0.0594. The van der Waals surface area contributed by atoms with Gasteiger partial charge in [-0.15, -0.1) is 0 Å². The van der Waals surface area contributed by atoms with Crippen molar-refractivity contribution < 1.29 is 19.4 Å². The molecule has 1 unspecified atom stereocenters. The zero-order chi connectivity index (χ0) is 16.6. The number of ether oxygens (including phenoxy) is 1. The third-order valence-electron chi connectivity index (χ3n) is 3.37. The summed E-state index contributed by atoms with van der Waals surface area (Å²) in [6, 6.07) is 9.08. The molecule has 6 nitrogen and oxygen atoms in total. The van der Waals surface area contributed by atoms with Gasteiger partial charge in [-0.1, -0.05) is 11.6 Å². The summed E-state index contributed by atoms with van der Waals surface area (Å²) in [7, 11) is 0. The second kappa shape index (κ2) is 5.81. The third-order valence-corrected chi connectivity index (χ3v) is 3.61. The average molecular weight is 333 g/mol. The minimum Gasteiger partial charge on any atom is -0.507 e. The molecule has 0 bridgehead atoms. The highest BCUT2D eigenvalue weighted by Gasteiger charge is 2.23. The van der Waals surface area contributed by atoms with Gasteiger partial charge < -0.3 is 20.5 Å². The molecule has 0 fully saturated rings. The summed E-state index contributed by atoms with van der Waals surface area (Å²) in [5, 5.41) is 15.4. The molecule has 0 saturated heterocycles. The molecule has 118 valence electrons. The Balaban J connectivity index is 1.84. The summed E-state index contributed by atoms with van der Waals surface area (Å²) >= 11 is 5.83. The van der Waals surface area contributed by atoms with Crippen LogP contribution in [0.1, 0.15) is 17.3 Å². The second-order valence-electron chi connectivity index (χ2n) is 5.08. The molecule has 1 aliphatic rings. The first-order chi connectivity index (χ1) is 10.9. The van der Waals surface area contributed by atoms with Crippen LogP contribution in [0.3, 0.4) is 0 Å². The van der Waals surface area contributed by atoms with Gasteiger partial charge in [0.2, 0.25) is 0 Å². The molecule has 0 aliphatic carbocycles. The number of aromatic hydroxyl groups is 1. The number of fused-ring (bicyclic) bond motifs is 1. The van der Waals surface area contributed by atoms with E-state index in [1.165, 1.54) is 18.2 Å². The third kappa shape index (κ3) is 3.07. The van der Waals surface area contributed by atoms with Gasteiger partial charge in [-0.3, -0.25) is 9.59 Å². The van der Waals surface area contributed by atoms with Crippen molar-refractivity contribution in [1.29, 1.82) is 0 Å². The van der Waals surface area contributed by atoms with Gasteiger partial charge in [-0.25, -0.2) is 0 Å². The zero-order valence-corrected chi connectivity index (χ0v) is 12.8. The van der Waals surface area contributed by atoms with E-state index in [-0.39, 0.29) is 17.2 Å². The normalized spacial score (nSPS) is 16.1. The number of hydrogen-bond donors (Lipinski definition) is 3. The zero-order valence-electron chi connectivity index (χ0n) is 12.1. The molecule has 1 heterocycles. The highest BCUT2D eigenvalue weighted by molar-refractivity contribution is 6.31. The monoisotopic (exact) mass is 332 g/mol. The summed E-state index contributed by atoms with van der Waals surface area (Å²) in [6.07, 6.45) is -0.564. The van der Waals surface area contributed by atoms with E-state index in [1.54, 1.807) is 25.1 Å². The molecule has 1 aliphatic heterocycles. The summed E-state index contributed by atoms with van der Waals surface area (Å²) in [4.78, 5) is 23.8. The van der Waals surface area contributed by atoms with Crippen molar-refractivity contribution in [2.75, 3.05) is 10.6 Å². The average Bonchev–Trinajstić information content (AvgIpc) is 2.51. The number of hydrogen-bond acceptors (Lipinski definition) is 4. The molecular weight excluding hydrogens is 320 g/mol. The lowest BCUT2D eigenvalue weighted by Gasteiger charge is -2.23. The Bertz CT molecular complexity index is 807. The fraction of sp³-hybridized carbons (Fsp3) is 0.125. The smallest absolute Gasteiger partial charge is 0.265 e. The summed E-state index contributed by atoms with van der Waals surface area (Å²) < 4.78 is 5.44. The van der Waals surface area contributed by atoms with Crippen molar-refractivity contribution in [1.82, 2.24) is 0 Å². The molecule has 0 spiro atoms. The van der Waals surface area contributed by atoms with Crippen LogP contribution < -0.4 is 15.4 Å². The van der Waals surface area contributed by atoms with Crippen LogP contribution in [0.5, 0.6) is 11.5 Å². The van der Waals surface area contributed by atoms with E-state index in [9.17, 15) is 14.7 Å². The molecule has 7 heteroatoms. The van der Waals surface area contributed by atoms with Crippen LogP contribution in [0.4, 0.5) is 11.4 Å². The van der Waals surface area contributed by atoms with Gasteiger partial charge in [0, 0.05) is 10.7 Å². The Labute approximate surface area is 137 Å². The summed E-state index contributed by atoms with van der Waals surface area (Å²) in [5.74, 6) is -0.411. The van der Waals surface area contributed by atoms with Crippen LogP contribution in [-0.2, 0) is 4.79 Å². The Morgan fingerprint density at radius 2 is 2.09 bits per heavy atom. The van der Waals surface area contributed by atoms with E-state index < -0.39 is 12.0 Å². The molecular formula is C16H13ClN2O4. The van der Waals surface area contributed by atoms with Gasteiger partial charge in [0.05, 0.1) is 11.3 Å². The molecule has 2 amide bonds. The maximum atomic E-state index is 12.2. The van der Waals surface area contributed by atoms with E-state index in [2.05, 4.69) is 10.6 Å². The maximum Gasteiger partial charge on any atom is 0.265 e. The minimum atomic E-state index is -0.564. The summed E-state index contributed by atoms with van der Waals surface area (Å²) in [5.41, 5.74) is 0.983. The molecule has 3 N–H and O–H groups in total. The van der Waals surface area contributed by atoms with E-state index in [0.29, 0.717) is 22.1 Å². The standard InChI is InChI=1S/C16H13ClN2O4/c1-8-15(21)19-12-7-10(3-5-14(12)23-8)18-16(22)11-6-9(17)2-4-13(11)20/h2-8,20H,1H3,(H,18,22)(H,19,21). The summed E-state index contributed by atoms with van der Waals surface area (Å²) in [6.45, 7) is 1.65. The number of rotatable bonds is 2. The predicted molar refractivity (Wildman–Crippen MR) is 86.2 cm³/mol. The van der Waals surface area contributed by atoms with E-state index in [4.69, 9.17) is 16.3 Å². The first-order valence-corrected chi connectivity index (χ1v) is 7.23. The molecule has 2 aromatic carbocycles. The van der Waals surface area contributed by atoms with Gasteiger partial charge in [-0.2, -0.15) is 0 Å². The van der Waals surface area contributed by atoms with Crippen LogP contribution in [0, 0.1) is 0 Å². The van der Waals surface area contributed by atoms with Crippen LogP contribution in [-0.4, -0.2) is 23.0 Å². The fourth-order valence-corrected chi connectivity index (χ4v) is 2.35. The van der Waals surface area contributed by atoms with Crippen molar-refractivity contribution >= 4 is 34.8 Å². The molecule has 0 aromatic heterocycles. The van der Waals surface area contributed by atoms with E-state index in [1.807, 2.05) is 0 Å². The number of halogens is 1. The number of carbonyl (C=O) groups excluding carboxylic acids is 2. The van der Waals surface area contributed by atoms with Crippen LogP contribution >= 0.6 is 11.6 Å². The lowest BCUT2D eigenvalue weighted by molar-refractivity contribution is -0.122. The van der Waals surface area contributed by atoms with Crippen molar-refractivity contribution in [3.8, 4) is 11.5 Å². The van der Waals surface area contributed by atoms with Crippen LogP contribution in [0.15, 0.2) is 36.4 Å². The Kier molecular flexibility index (Phi) is 3.83. The first kappa shape index (κ1) is 15.2. The first-order valence-electron chi connectivity index (χ1n) is 6.85. The van der Waals surface area contributed by atoms with Crippen molar-refractivity contribution in [2.45, 2.75) is 13.0 Å². The van der Waals surface area contributed by atoms with Gasteiger partial charge >= 0.3 is 0 Å². The Morgan fingerprint density at radius 3 is 2.87 bits per heavy atom. The van der Waals surface area contributed by atoms with Crippen molar-refractivity contribution in [3.05, 3.63) is 47.0 Å². The lowest BCUT2D eigenvalue weighted by Crippen LogP contribution is -2.34. The van der Waals surface area contributed by atoms with Crippen molar-refractivity contribution in [3.63, 3.8) is 0 Å². The molecule has 1 atom stereocenters. The second-order valence-corrected chi connectivity index (χ2v) is 5.51. The van der Waals surface area contributed by atoms with Crippen LogP contribution in [0.25, 0.3) is 0 Å². The van der Waals surface area contributed by atoms with Crippen LogP contribution in [0.2, 0.25) is 5.02 Å². The highest BCUT2D eigenvalue weighted by Crippen LogP contribution is 2.32. The predicted octanol–water partition coefficient (Wildman–Crippen LogP) is 3.02. The number of nitrogens with one attached hydrogen (secondary N) is 2. The fourth-order valence-electron chi connectivity index (χ4n) is 2.18. The van der Waals surface area contributed by atoms with Crippen molar-refractivity contribution in [2.24, 2.45) is 0 Å².